The first kappa shape index (κ1) is 15.8. The van der Waals surface area contributed by atoms with Crippen LogP contribution in [0.3, 0.4) is 0 Å². The minimum atomic E-state index is -0.299. The summed E-state index contributed by atoms with van der Waals surface area (Å²) in [5.41, 5.74) is 7.65. The smallest absolute Gasteiger partial charge is 0.239 e. The van der Waals surface area contributed by atoms with Crippen molar-refractivity contribution in [2.75, 3.05) is 25.0 Å². The zero-order chi connectivity index (χ0) is 15.1. The maximum Gasteiger partial charge on any atom is 0.239 e. The van der Waals surface area contributed by atoms with Crippen molar-refractivity contribution in [1.82, 2.24) is 4.90 Å². The summed E-state index contributed by atoms with van der Waals surface area (Å²) in [5, 5.41) is 3.18. The van der Waals surface area contributed by atoms with Crippen LogP contribution in [0, 0.1) is 0 Å². The third-order valence-corrected chi connectivity index (χ3v) is 4.21. The summed E-state index contributed by atoms with van der Waals surface area (Å²) in [7, 11) is 0. The molecule has 0 aromatic heterocycles. The van der Waals surface area contributed by atoms with Crippen molar-refractivity contribution in [3.8, 4) is 0 Å². The summed E-state index contributed by atoms with van der Waals surface area (Å²) in [6.45, 7) is 5.59. The lowest BCUT2D eigenvalue weighted by molar-refractivity contribution is -0.118. The molecule has 0 radical (unpaired) electrons. The van der Waals surface area contributed by atoms with E-state index in [0.29, 0.717) is 6.42 Å². The number of anilines is 1. The monoisotopic (exact) mass is 289 g/mol. The highest BCUT2D eigenvalue weighted by Gasteiger charge is 2.12. The van der Waals surface area contributed by atoms with Crippen molar-refractivity contribution in [1.29, 1.82) is 0 Å². The third-order valence-electron chi connectivity index (χ3n) is 4.21. The Bertz CT molecular complexity index is 438. The summed E-state index contributed by atoms with van der Waals surface area (Å²) in [6, 6.07) is 8.07. The molecule has 1 saturated heterocycles. The van der Waals surface area contributed by atoms with E-state index in [0.717, 1.165) is 18.7 Å². The number of carbonyl (C=O) groups excluding carboxylic acids is 1. The van der Waals surface area contributed by atoms with Crippen molar-refractivity contribution in [2.45, 2.75) is 45.1 Å². The number of hydrogen-bond donors (Lipinski definition) is 2. The molecule has 0 unspecified atom stereocenters. The second kappa shape index (κ2) is 8.03. The first-order chi connectivity index (χ1) is 10.2. The molecular weight excluding hydrogens is 262 g/mol. The molecule has 1 aromatic rings. The molecule has 1 aromatic carbocycles. The lowest BCUT2D eigenvalue weighted by atomic mass is 10.1. The van der Waals surface area contributed by atoms with Crippen molar-refractivity contribution < 1.29 is 4.79 Å². The second-order valence-corrected chi connectivity index (χ2v) is 5.86. The van der Waals surface area contributed by atoms with Gasteiger partial charge in [-0.25, -0.2) is 0 Å². The van der Waals surface area contributed by atoms with Crippen LogP contribution >= 0.6 is 0 Å². The fourth-order valence-corrected chi connectivity index (χ4v) is 2.81. The number of likely N-dealkylation sites (tertiary alicyclic amines) is 1. The third kappa shape index (κ3) is 5.05. The largest absolute Gasteiger partial charge is 0.374 e. The summed E-state index contributed by atoms with van der Waals surface area (Å²) in [6.07, 6.45) is 5.86. The molecule has 3 N–H and O–H groups in total. The second-order valence-electron chi connectivity index (χ2n) is 5.86. The Morgan fingerprint density at radius 2 is 1.90 bits per heavy atom. The molecular formula is C17H27N3O. The Morgan fingerprint density at radius 3 is 2.48 bits per heavy atom. The Balaban J connectivity index is 1.82. The van der Waals surface area contributed by atoms with Gasteiger partial charge in [-0.3, -0.25) is 4.79 Å². The zero-order valence-electron chi connectivity index (χ0n) is 13.0. The molecule has 2 rings (SSSR count). The van der Waals surface area contributed by atoms with Gasteiger partial charge in [0.15, 0.2) is 0 Å². The molecule has 1 aliphatic rings. The van der Waals surface area contributed by atoms with Crippen LogP contribution in [0.5, 0.6) is 0 Å². The van der Waals surface area contributed by atoms with E-state index in [4.69, 9.17) is 5.73 Å². The van der Waals surface area contributed by atoms with Crippen LogP contribution in [-0.2, 0) is 11.2 Å². The summed E-state index contributed by atoms with van der Waals surface area (Å²) < 4.78 is 0. The Hall–Kier alpha value is -1.55. The highest BCUT2D eigenvalue weighted by Crippen LogP contribution is 2.14. The molecule has 21 heavy (non-hydrogen) atoms. The minimum Gasteiger partial charge on any atom is -0.374 e. The molecule has 1 amide bonds. The van der Waals surface area contributed by atoms with Gasteiger partial charge in [0.1, 0.15) is 6.04 Å². The van der Waals surface area contributed by atoms with Gasteiger partial charge in [0.2, 0.25) is 5.91 Å². The zero-order valence-corrected chi connectivity index (χ0v) is 13.0. The lowest BCUT2D eigenvalue weighted by Crippen LogP contribution is -2.34. The Labute approximate surface area is 127 Å². The van der Waals surface area contributed by atoms with Crippen molar-refractivity contribution in [2.24, 2.45) is 5.73 Å². The van der Waals surface area contributed by atoms with E-state index in [9.17, 15) is 4.79 Å². The number of amides is 1. The Kier molecular flexibility index (Phi) is 6.05. The number of primary amides is 1. The number of rotatable bonds is 7. The quantitative estimate of drug-likeness (QED) is 0.810. The van der Waals surface area contributed by atoms with E-state index in [-0.39, 0.29) is 11.9 Å². The topological polar surface area (TPSA) is 58.4 Å². The highest BCUT2D eigenvalue weighted by atomic mass is 16.1. The molecule has 1 heterocycles. The summed E-state index contributed by atoms with van der Waals surface area (Å²) in [5.74, 6) is -0.299. The lowest BCUT2D eigenvalue weighted by Gasteiger charge is -2.26. The maximum atomic E-state index is 11.2. The first-order valence-electron chi connectivity index (χ1n) is 8.06. The minimum absolute atomic E-state index is 0.288. The number of nitrogens with two attached hydrogens (primary N) is 1. The number of piperidine rings is 1. The average molecular weight is 289 g/mol. The summed E-state index contributed by atoms with van der Waals surface area (Å²) >= 11 is 0. The van der Waals surface area contributed by atoms with Crippen LogP contribution in [0.4, 0.5) is 5.69 Å². The van der Waals surface area contributed by atoms with Crippen LogP contribution in [0.1, 0.15) is 38.2 Å². The molecule has 0 aliphatic carbocycles. The van der Waals surface area contributed by atoms with Crippen molar-refractivity contribution in [3.05, 3.63) is 29.8 Å². The van der Waals surface area contributed by atoms with Gasteiger partial charge in [0, 0.05) is 12.2 Å². The molecule has 0 bridgehead atoms. The van der Waals surface area contributed by atoms with E-state index < -0.39 is 0 Å². The number of carbonyl (C=O) groups is 1. The molecule has 4 heteroatoms. The molecule has 1 aliphatic heterocycles. The van der Waals surface area contributed by atoms with Gasteiger partial charge in [-0.2, -0.15) is 0 Å². The van der Waals surface area contributed by atoms with Gasteiger partial charge in [0.05, 0.1) is 0 Å². The van der Waals surface area contributed by atoms with E-state index in [1.165, 1.54) is 37.9 Å². The van der Waals surface area contributed by atoms with E-state index in [2.05, 4.69) is 22.3 Å². The average Bonchev–Trinajstić information content (AvgIpc) is 2.52. The van der Waals surface area contributed by atoms with E-state index in [1.807, 2.05) is 19.1 Å². The van der Waals surface area contributed by atoms with Crippen molar-refractivity contribution in [3.63, 3.8) is 0 Å². The molecule has 4 nitrogen and oxygen atoms in total. The van der Waals surface area contributed by atoms with Gasteiger partial charge < -0.3 is 16.0 Å². The predicted molar refractivity (Wildman–Crippen MR) is 87.3 cm³/mol. The van der Waals surface area contributed by atoms with Crippen LogP contribution in [0.2, 0.25) is 0 Å². The van der Waals surface area contributed by atoms with Gasteiger partial charge in [-0.15, -0.1) is 0 Å². The molecule has 0 saturated carbocycles. The SMILES string of the molecule is CC[C@H](Nc1ccc(CCN2CCCCC2)cc1)C(N)=O. The number of nitrogens with one attached hydrogen (secondary N) is 1. The number of benzene rings is 1. The van der Waals surface area contributed by atoms with Crippen LogP contribution in [0.25, 0.3) is 0 Å². The molecule has 1 atom stereocenters. The summed E-state index contributed by atoms with van der Waals surface area (Å²) in [4.78, 5) is 13.8. The first-order valence-corrected chi connectivity index (χ1v) is 8.06. The van der Waals surface area contributed by atoms with Gasteiger partial charge >= 0.3 is 0 Å². The number of nitrogens with zero attached hydrogens (tertiary/aromatic N) is 1. The number of hydrogen-bond acceptors (Lipinski definition) is 3. The molecule has 116 valence electrons. The Morgan fingerprint density at radius 1 is 1.24 bits per heavy atom. The standard InChI is InChI=1S/C17H27N3O/c1-2-16(17(18)21)19-15-8-6-14(7-9-15)10-13-20-11-4-3-5-12-20/h6-9,16,19H,2-5,10-13H2,1H3,(H2,18,21)/t16-/m0/s1. The predicted octanol–water partition coefficient (Wildman–Crippen LogP) is 2.39. The molecule has 0 spiro atoms. The van der Waals surface area contributed by atoms with Gasteiger partial charge in [-0.1, -0.05) is 25.5 Å². The fourth-order valence-electron chi connectivity index (χ4n) is 2.81. The van der Waals surface area contributed by atoms with Crippen LogP contribution < -0.4 is 11.1 Å². The maximum absolute atomic E-state index is 11.2. The van der Waals surface area contributed by atoms with E-state index in [1.54, 1.807) is 0 Å². The van der Waals surface area contributed by atoms with Crippen molar-refractivity contribution >= 4 is 11.6 Å². The van der Waals surface area contributed by atoms with E-state index >= 15 is 0 Å². The van der Waals surface area contributed by atoms with Crippen LogP contribution in [0.15, 0.2) is 24.3 Å². The fraction of sp³-hybridized carbons (Fsp3) is 0.588. The van der Waals surface area contributed by atoms with Gasteiger partial charge in [-0.05, 0) is 56.5 Å². The molecule has 1 fully saturated rings. The van der Waals surface area contributed by atoms with Crippen LogP contribution in [-0.4, -0.2) is 36.5 Å². The normalized spacial score (nSPS) is 17.4. The highest BCUT2D eigenvalue weighted by molar-refractivity contribution is 5.82. The van der Waals surface area contributed by atoms with Gasteiger partial charge in [0.25, 0.3) is 0 Å².